The van der Waals surface area contributed by atoms with Gasteiger partial charge in [-0.15, -0.1) is 5.10 Å². The van der Waals surface area contributed by atoms with Gasteiger partial charge in [-0.3, -0.25) is 0 Å². The van der Waals surface area contributed by atoms with Gasteiger partial charge >= 0.3 is 0 Å². The van der Waals surface area contributed by atoms with E-state index in [2.05, 4.69) is 20.5 Å². The van der Waals surface area contributed by atoms with Crippen molar-refractivity contribution in [1.29, 1.82) is 0 Å². The summed E-state index contributed by atoms with van der Waals surface area (Å²) in [7, 11) is 1.40. The maximum absolute atomic E-state index is 14.0. The molecule has 0 amide bonds. The average Bonchev–Trinajstić information content (AvgIpc) is 3.40. The molecular weight excluding hydrogens is 413 g/mol. The lowest BCUT2D eigenvalue weighted by Gasteiger charge is -2.24. The molecule has 0 saturated heterocycles. The van der Waals surface area contributed by atoms with Crippen LogP contribution in [-0.4, -0.2) is 32.2 Å². The third kappa shape index (κ3) is 3.21. The lowest BCUT2D eigenvalue weighted by atomic mass is 10.1. The van der Waals surface area contributed by atoms with Gasteiger partial charge in [0, 0.05) is 16.1 Å². The fourth-order valence-electron chi connectivity index (χ4n) is 3.35. The molecule has 0 fully saturated rings. The Labute approximate surface area is 175 Å². The number of benzene rings is 2. The second-order valence-corrected chi connectivity index (χ2v) is 7.07. The molecule has 0 spiro atoms. The van der Waals surface area contributed by atoms with Crippen molar-refractivity contribution in [3.05, 3.63) is 64.6 Å². The van der Waals surface area contributed by atoms with E-state index in [1.807, 2.05) is 24.3 Å². The minimum absolute atomic E-state index is 0.135. The van der Waals surface area contributed by atoms with Gasteiger partial charge in [-0.2, -0.15) is 4.98 Å². The summed E-state index contributed by atoms with van der Waals surface area (Å²) in [4.78, 5) is 4.34. The van der Waals surface area contributed by atoms with Gasteiger partial charge in [0.15, 0.2) is 17.3 Å². The summed E-state index contributed by atoms with van der Waals surface area (Å²) in [5, 5.41) is 13.0. The van der Waals surface area contributed by atoms with Crippen molar-refractivity contribution in [2.24, 2.45) is 0 Å². The number of fused-ring (bicyclic) bond motifs is 1. The second kappa shape index (κ2) is 7.51. The van der Waals surface area contributed by atoms with E-state index in [-0.39, 0.29) is 30.2 Å². The number of halogens is 2. The van der Waals surface area contributed by atoms with Crippen LogP contribution in [0.2, 0.25) is 5.02 Å². The molecule has 0 aliphatic carbocycles. The highest BCUT2D eigenvalue weighted by Gasteiger charge is 2.28. The second-order valence-electron chi connectivity index (χ2n) is 6.66. The predicted molar refractivity (Wildman–Crippen MR) is 104 cm³/mol. The molecule has 0 unspecified atom stereocenters. The number of hydrogen-bond donors (Lipinski definition) is 0. The largest absolute Gasteiger partial charge is 0.494 e. The molecule has 0 radical (unpaired) electrons. The van der Waals surface area contributed by atoms with E-state index in [9.17, 15) is 4.39 Å². The summed E-state index contributed by atoms with van der Waals surface area (Å²) in [5.41, 5.74) is 2.51. The summed E-state index contributed by atoms with van der Waals surface area (Å²) in [6.45, 7) is 0.722. The van der Waals surface area contributed by atoms with Crippen LogP contribution in [0.3, 0.4) is 0 Å². The van der Waals surface area contributed by atoms with E-state index in [0.29, 0.717) is 22.8 Å². The summed E-state index contributed by atoms with van der Waals surface area (Å²) in [6, 6.07) is 11.9. The Morgan fingerprint density at radius 2 is 2.10 bits per heavy atom. The van der Waals surface area contributed by atoms with Crippen LogP contribution in [0.4, 0.5) is 4.39 Å². The van der Waals surface area contributed by atoms with Gasteiger partial charge in [0.05, 0.1) is 26.0 Å². The maximum Gasteiger partial charge on any atom is 0.258 e. The summed E-state index contributed by atoms with van der Waals surface area (Å²) in [6.07, 6.45) is -0.233. The highest BCUT2D eigenvalue weighted by molar-refractivity contribution is 6.31. The number of rotatable bonds is 4. The van der Waals surface area contributed by atoms with Gasteiger partial charge in [0.1, 0.15) is 6.10 Å². The Balaban J connectivity index is 1.42. The van der Waals surface area contributed by atoms with Crippen LogP contribution in [0, 0.1) is 5.82 Å². The van der Waals surface area contributed by atoms with Crippen molar-refractivity contribution in [2.75, 3.05) is 7.11 Å². The smallest absolute Gasteiger partial charge is 0.258 e. The normalized spacial score (nSPS) is 15.8. The number of ether oxygens (including phenoxy) is 2. The monoisotopic (exact) mass is 427 g/mol. The molecule has 30 heavy (non-hydrogen) atoms. The Hall–Kier alpha value is -3.30. The summed E-state index contributed by atoms with van der Waals surface area (Å²) < 4.78 is 31.9. The molecule has 4 aromatic rings. The van der Waals surface area contributed by atoms with Crippen LogP contribution in [0.25, 0.3) is 23.0 Å². The molecule has 1 aliphatic rings. The highest BCUT2D eigenvalue weighted by atomic mass is 35.5. The van der Waals surface area contributed by atoms with Crippen molar-refractivity contribution in [1.82, 2.24) is 25.1 Å². The van der Waals surface area contributed by atoms with Gasteiger partial charge in [-0.05, 0) is 24.3 Å². The molecule has 2 aromatic heterocycles. The summed E-state index contributed by atoms with van der Waals surface area (Å²) >= 11 is 6.28. The standard InChI is InChI=1S/C20H15ClFN5O3/c1-28-16-7-6-11(8-14(16)22)20-23-19(25-30-20)18-15-10-29-17(9-27(15)26-24-18)12-4-2-3-5-13(12)21/h2-8,17H,9-10H2,1H3/t17-/m0/s1. The SMILES string of the molecule is COc1ccc(-c2nc(-c3nnn4c3CO[C@H](c3ccccc3Cl)C4)no2)cc1F. The van der Waals surface area contributed by atoms with Crippen molar-refractivity contribution in [3.8, 4) is 28.7 Å². The number of hydrogen-bond acceptors (Lipinski definition) is 7. The molecule has 1 aliphatic heterocycles. The molecule has 152 valence electrons. The number of aromatic nitrogens is 5. The van der Waals surface area contributed by atoms with E-state index < -0.39 is 5.82 Å². The van der Waals surface area contributed by atoms with E-state index in [4.69, 9.17) is 25.6 Å². The Morgan fingerprint density at radius 3 is 2.90 bits per heavy atom. The molecule has 0 bridgehead atoms. The van der Waals surface area contributed by atoms with Crippen molar-refractivity contribution in [3.63, 3.8) is 0 Å². The molecule has 2 aromatic carbocycles. The first kappa shape index (κ1) is 18.7. The van der Waals surface area contributed by atoms with Crippen molar-refractivity contribution in [2.45, 2.75) is 19.3 Å². The van der Waals surface area contributed by atoms with Crippen LogP contribution < -0.4 is 4.74 Å². The molecule has 1 atom stereocenters. The van der Waals surface area contributed by atoms with Gasteiger partial charge in [0.2, 0.25) is 5.82 Å². The lowest BCUT2D eigenvalue weighted by Crippen LogP contribution is -2.22. The van der Waals surface area contributed by atoms with Gasteiger partial charge < -0.3 is 14.0 Å². The van der Waals surface area contributed by atoms with Crippen molar-refractivity contribution < 1.29 is 18.4 Å². The zero-order chi connectivity index (χ0) is 20.7. The Bertz CT molecular complexity index is 1220. The zero-order valence-electron chi connectivity index (χ0n) is 15.7. The van der Waals surface area contributed by atoms with E-state index in [1.54, 1.807) is 10.7 Å². The van der Waals surface area contributed by atoms with E-state index in [1.165, 1.54) is 19.2 Å². The van der Waals surface area contributed by atoms with Gasteiger partial charge in [-0.25, -0.2) is 9.07 Å². The molecule has 5 rings (SSSR count). The van der Waals surface area contributed by atoms with Gasteiger partial charge in [0.25, 0.3) is 5.89 Å². The highest BCUT2D eigenvalue weighted by Crippen LogP contribution is 2.33. The number of methoxy groups -OCH3 is 1. The third-order valence-corrected chi connectivity index (χ3v) is 5.23. The molecule has 0 N–H and O–H groups in total. The zero-order valence-corrected chi connectivity index (χ0v) is 16.5. The minimum Gasteiger partial charge on any atom is -0.494 e. The molecule has 10 heteroatoms. The molecule has 3 heterocycles. The predicted octanol–water partition coefficient (Wildman–Crippen LogP) is 4.07. The van der Waals surface area contributed by atoms with Crippen LogP contribution in [-0.2, 0) is 17.9 Å². The fourth-order valence-corrected chi connectivity index (χ4v) is 3.60. The first-order chi connectivity index (χ1) is 14.6. The van der Waals surface area contributed by atoms with Crippen LogP contribution in [0.5, 0.6) is 5.75 Å². The minimum atomic E-state index is -0.519. The maximum atomic E-state index is 14.0. The summed E-state index contributed by atoms with van der Waals surface area (Å²) in [5.74, 6) is 0.0344. The van der Waals surface area contributed by atoms with Crippen LogP contribution in [0.1, 0.15) is 17.4 Å². The topological polar surface area (TPSA) is 88.1 Å². The third-order valence-electron chi connectivity index (χ3n) is 4.89. The Morgan fingerprint density at radius 1 is 1.23 bits per heavy atom. The number of nitrogens with zero attached hydrogens (tertiary/aromatic N) is 5. The molecule has 0 saturated carbocycles. The Kier molecular flexibility index (Phi) is 4.68. The first-order valence-corrected chi connectivity index (χ1v) is 9.48. The molecule has 8 nitrogen and oxygen atoms in total. The van der Waals surface area contributed by atoms with E-state index in [0.717, 1.165) is 11.3 Å². The van der Waals surface area contributed by atoms with Gasteiger partial charge in [-0.1, -0.05) is 40.2 Å². The first-order valence-electron chi connectivity index (χ1n) is 9.10. The van der Waals surface area contributed by atoms with Crippen molar-refractivity contribution >= 4 is 11.6 Å². The molecular formula is C20H15ClFN5O3. The van der Waals surface area contributed by atoms with Crippen LogP contribution >= 0.6 is 11.6 Å². The van der Waals surface area contributed by atoms with E-state index >= 15 is 0 Å². The lowest BCUT2D eigenvalue weighted by molar-refractivity contribution is -0.00106. The van der Waals surface area contributed by atoms with Crippen LogP contribution in [0.15, 0.2) is 47.0 Å². The fraction of sp³-hybridized carbons (Fsp3) is 0.200. The quantitative estimate of drug-likeness (QED) is 0.485. The average molecular weight is 428 g/mol.